The Balaban J connectivity index is 2.53. The third kappa shape index (κ3) is 3.32. The minimum absolute atomic E-state index is 0.0225. The smallest absolute Gasteiger partial charge is 0.170 e. The first-order valence-corrected chi connectivity index (χ1v) is 7.34. The van der Waals surface area contributed by atoms with Crippen molar-refractivity contribution in [1.29, 1.82) is 0 Å². The summed E-state index contributed by atoms with van der Waals surface area (Å²) in [7, 11) is 1.91. The SMILES string of the molecule is CCC(=O)/C(C1=NCCCN1C)=C(/O)c1ccc(C)cc1. The molecule has 0 fully saturated rings. The van der Waals surface area contributed by atoms with Gasteiger partial charge in [-0.05, 0) is 13.3 Å². The lowest BCUT2D eigenvalue weighted by Gasteiger charge is -2.26. The zero-order valence-electron chi connectivity index (χ0n) is 12.9. The van der Waals surface area contributed by atoms with Crippen molar-refractivity contribution >= 4 is 17.4 Å². The third-order valence-electron chi connectivity index (χ3n) is 3.66. The van der Waals surface area contributed by atoms with E-state index in [1.165, 1.54) is 0 Å². The number of Topliss-reactive ketones (excluding diaryl/α,β-unsaturated/α-hetero) is 1. The number of aryl methyl sites for hydroxylation is 1. The van der Waals surface area contributed by atoms with Crippen molar-refractivity contribution in [2.75, 3.05) is 20.1 Å². The van der Waals surface area contributed by atoms with Crippen molar-refractivity contribution in [1.82, 2.24) is 4.90 Å². The Kier molecular flexibility index (Phi) is 4.78. The summed E-state index contributed by atoms with van der Waals surface area (Å²) in [5.74, 6) is 0.543. The molecule has 1 aliphatic rings. The average molecular weight is 286 g/mol. The lowest BCUT2D eigenvalue weighted by Crippen LogP contribution is -2.36. The number of aliphatic hydroxyl groups is 1. The summed E-state index contributed by atoms with van der Waals surface area (Å²) in [6.07, 6.45) is 1.32. The van der Waals surface area contributed by atoms with Crippen molar-refractivity contribution in [2.45, 2.75) is 26.7 Å². The van der Waals surface area contributed by atoms with Crippen LogP contribution in [-0.4, -0.2) is 41.8 Å². The number of rotatable bonds is 4. The lowest BCUT2D eigenvalue weighted by molar-refractivity contribution is -0.114. The molecule has 1 heterocycles. The molecular formula is C17H22N2O2. The minimum atomic E-state index is -0.0828. The molecule has 1 aromatic rings. The fourth-order valence-electron chi connectivity index (χ4n) is 2.38. The van der Waals surface area contributed by atoms with Gasteiger partial charge in [0.05, 0.1) is 0 Å². The molecule has 4 nitrogen and oxygen atoms in total. The van der Waals surface area contributed by atoms with Crippen LogP contribution in [0.25, 0.3) is 5.76 Å². The Morgan fingerprint density at radius 1 is 1.33 bits per heavy atom. The summed E-state index contributed by atoms with van der Waals surface area (Å²) in [6.45, 7) is 5.33. The topological polar surface area (TPSA) is 52.9 Å². The quantitative estimate of drug-likeness (QED) is 0.684. The van der Waals surface area contributed by atoms with Gasteiger partial charge in [-0.15, -0.1) is 0 Å². The van der Waals surface area contributed by atoms with E-state index in [-0.39, 0.29) is 11.5 Å². The van der Waals surface area contributed by atoms with Gasteiger partial charge in [0.25, 0.3) is 0 Å². The Bertz CT molecular complexity index is 585. The molecule has 0 aromatic heterocycles. The van der Waals surface area contributed by atoms with Crippen LogP contribution in [0.15, 0.2) is 34.8 Å². The first-order chi connectivity index (χ1) is 10.0. The molecule has 0 saturated heterocycles. The van der Waals surface area contributed by atoms with Crippen molar-refractivity contribution in [3.8, 4) is 0 Å². The van der Waals surface area contributed by atoms with E-state index in [4.69, 9.17) is 0 Å². The number of benzene rings is 1. The highest BCUT2D eigenvalue weighted by Crippen LogP contribution is 2.22. The Hall–Kier alpha value is -2.10. The first-order valence-electron chi connectivity index (χ1n) is 7.34. The number of nitrogens with zero attached hydrogens (tertiary/aromatic N) is 2. The molecule has 1 aromatic carbocycles. The van der Waals surface area contributed by atoms with Crippen LogP contribution in [0.5, 0.6) is 0 Å². The second kappa shape index (κ2) is 6.57. The zero-order chi connectivity index (χ0) is 15.4. The van der Waals surface area contributed by atoms with E-state index in [1.807, 2.05) is 43.1 Å². The molecule has 0 unspecified atom stereocenters. The van der Waals surface area contributed by atoms with E-state index in [0.29, 0.717) is 29.9 Å². The van der Waals surface area contributed by atoms with E-state index in [0.717, 1.165) is 18.5 Å². The van der Waals surface area contributed by atoms with Gasteiger partial charge in [-0.25, -0.2) is 0 Å². The van der Waals surface area contributed by atoms with Gasteiger partial charge in [0.2, 0.25) is 0 Å². The lowest BCUT2D eigenvalue weighted by atomic mass is 10.00. The number of amidine groups is 1. The van der Waals surface area contributed by atoms with Gasteiger partial charge in [-0.1, -0.05) is 36.8 Å². The average Bonchev–Trinajstić information content (AvgIpc) is 2.49. The molecule has 0 aliphatic carbocycles. The van der Waals surface area contributed by atoms with Crippen molar-refractivity contribution in [2.24, 2.45) is 4.99 Å². The number of aliphatic imine (C=N–C) groups is 1. The van der Waals surface area contributed by atoms with Crippen LogP contribution in [0.1, 0.15) is 30.9 Å². The van der Waals surface area contributed by atoms with Crippen LogP contribution in [0.4, 0.5) is 0 Å². The van der Waals surface area contributed by atoms with Crippen LogP contribution in [0.3, 0.4) is 0 Å². The Labute approximate surface area is 125 Å². The summed E-state index contributed by atoms with van der Waals surface area (Å²) in [6, 6.07) is 7.51. The number of ketones is 1. The van der Waals surface area contributed by atoms with Gasteiger partial charge in [0.15, 0.2) is 5.78 Å². The zero-order valence-corrected chi connectivity index (χ0v) is 12.9. The van der Waals surface area contributed by atoms with Crippen LogP contribution in [0.2, 0.25) is 0 Å². The Morgan fingerprint density at radius 2 is 2.00 bits per heavy atom. The maximum absolute atomic E-state index is 12.3. The first kappa shape index (κ1) is 15.3. The summed E-state index contributed by atoms with van der Waals surface area (Å²) >= 11 is 0. The van der Waals surface area contributed by atoms with Gasteiger partial charge in [-0.3, -0.25) is 9.79 Å². The summed E-state index contributed by atoms with van der Waals surface area (Å²) in [5, 5.41) is 10.6. The molecule has 4 heteroatoms. The molecule has 0 atom stereocenters. The highest BCUT2D eigenvalue weighted by molar-refractivity contribution is 6.25. The fourth-order valence-corrected chi connectivity index (χ4v) is 2.38. The molecule has 0 spiro atoms. The summed E-state index contributed by atoms with van der Waals surface area (Å²) in [4.78, 5) is 18.7. The standard InChI is InChI=1S/C17H22N2O2/c1-4-14(20)15(17-18-10-5-11-19(17)3)16(21)13-8-6-12(2)7-9-13/h6-9,21H,4-5,10-11H2,1-3H3/b16-15-. The minimum Gasteiger partial charge on any atom is -0.506 e. The van der Waals surface area contributed by atoms with Crippen LogP contribution in [0, 0.1) is 6.92 Å². The summed E-state index contributed by atoms with van der Waals surface area (Å²) < 4.78 is 0. The second-order valence-corrected chi connectivity index (χ2v) is 5.35. The van der Waals surface area contributed by atoms with Gasteiger partial charge >= 0.3 is 0 Å². The second-order valence-electron chi connectivity index (χ2n) is 5.35. The van der Waals surface area contributed by atoms with Crippen molar-refractivity contribution in [3.05, 3.63) is 41.0 Å². The predicted octanol–water partition coefficient (Wildman–Crippen LogP) is 2.98. The molecular weight excluding hydrogens is 264 g/mol. The largest absolute Gasteiger partial charge is 0.506 e. The van der Waals surface area contributed by atoms with E-state index >= 15 is 0 Å². The number of carbonyl (C=O) groups is 1. The van der Waals surface area contributed by atoms with Crippen molar-refractivity contribution < 1.29 is 9.90 Å². The van der Waals surface area contributed by atoms with E-state index < -0.39 is 0 Å². The molecule has 2 rings (SSSR count). The van der Waals surface area contributed by atoms with E-state index in [2.05, 4.69) is 4.99 Å². The highest BCUT2D eigenvalue weighted by atomic mass is 16.3. The number of hydrogen-bond acceptors (Lipinski definition) is 4. The molecule has 0 bridgehead atoms. The molecule has 0 saturated carbocycles. The Morgan fingerprint density at radius 3 is 2.57 bits per heavy atom. The van der Waals surface area contributed by atoms with Gasteiger partial charge in [0, 0.05) is 32.1 Å². The third-order valence-corrected chi connectivity index (χ3v) is 3.66. The maximum Gasteiger partial charge on any atom is 0.170 e. The van der Waals surface area contributed by atoms with Crippen molar-refractivity contribution in [3.63, 3.8) is 0 Å². The maximum atomic E-state index is 12.3. The number of likely N-dealkylation sites (N-methyl/N-ethyl adjacent to an activating group) is 1. The summed E-state index contributed by atoms with van der Waals surface area (Å²) in [5.41, 5.74) is 2.10. The number of hydrogen-bond donors (Lipinski definition) is 1. The highest BCUT2D eigenvalue weighted by Gasteiger charge is 2.25. The molecule has 21 heavy (non-hydrogen) atoms. The normalized spacial score (nSPS) is 16.3. The molecule has 112 valence electrons. The van der Waals surface area contributed by atoms with Crippen LogP contribution in [-0.2, 0) is 4.79 Å². The molecule has 0 amide bonds. The molecule has 1 aliphatic heterocycles. The predicted molar refractivity (Wildman–Crippen MR) is 85.6 cm³/mol. The molecule has 0 radical (unpaired) electrons. The van der Waals surface area contributed by atoms with E-state index in [9.17, 15) is 9.90 Å². The van der Waals surface area contributed by atoms with Gasteiger partial charge in [-0.2, -0.15) is 0 Å². The molecule has 1 N–H and O–H groups in total. The monoisotopic (exact) mass is 286 g/mol. The van der Waals surface area contributed by atoms with Crippen LogP contribution < -0.4 is 0 Å². The number of carbonyl (C=O) groups excluding carboxylic acids is 1. The van der Waals surface area contributed by atoms with Gasteiger partial charge in [0.1, 0.15) is 17.2 Å². The van der Waals surface area contributed by atoms with E-state index in [1.54, 1.807) is 6.92 Å². The van der Waals surface area contributed by atoms with Gasteiger partial charge < -0.3 is 10.0 Å². The fraction of sp³-hybridized carbons (Fsp3) is 0.412. The number of aliphatic hydroxyl groups excluding tert-OH is 1. The van der Waals surface area contributed by atoms with Crippen LogP contribution >= 0.6 is 0 Å².